The van der Waals surface area contributed by atoms with Gasteiger partial charge in [0.15, 0.2) is 0 Å². The molecule has 14 rings (SSSR count). The van der Waals surface area contributed by atoms with Crippen molar-refractivity contribution in [2.75, 3.05) is 0 Å². The van der Waals surface area contributed by atoms with Gasteiger partial charge in [0.2, 0.25) is 0 Å². The summed E-state index contributed by atoms with van der Waals surface area (Å²) in [5.41, 5.74) is 22.1. The van der Waals surface area contributed by atoms with E-state index in [0.717, 1.165) is 0 Å². The molecule has 0 saturated carbocycles. The van der Waals surface area contributed by atoms with Gasteiger partial charge in [-0.1, -0.05) is 170 Å². The maximum atomic E-state index is 2.58. The van der Waals surface area contributed by atoms with E-state index < -0.39 is 0 Å². The third-order valence-electron chi connectivity index (χ3n) is 12.1. The molecule has 0 unspecified atom stereocenters. The van der Waals surface area contributed by atoms with Crippen LogP contribution in [-0.2, 0) is 0 Å². The Bertz CT molecular complexity index is 2250. The zero-order valence-electron chi connectivity index (χ0n) is 28.8. The highest BCUT2D eigenvalue weighted by molar-refractivity contribution is 5.89. The third kappa shape index (κ3) is 4.34. The van der Waals surface area contributed by atoms with E-state index in [4.69, 9.17) is 0 Å². The van der Waals surface area contributed by atoms with E-state index in [1.807, 2.05) is 0 Å². The normalized spacial score (nSPS) is 18.8. The molecule has 0 nitrogen and oxygen atoms in total. The van der Waals surface area contributed by atoms with Crippen LogP contribution >= 0.6 is 0 Å². The molecule has 8 aromatic carbocycles. The van der Waals surface area contributed by atoms with Crippen molar-refractivity contribution in [3.8, 4) is 44.5 Å². The van der Waals surface area contributed by atoms with Gasteiger partial charge in [-0.3, -0.25) is 0 Å². The molecule has 52 heavy (non-hydrogen) atoms. The average Bonchev–Trinajstić information content (AvgIpc) is 3.22. The van der Waals surface area contributed by atoms with Gasteiger partial charge < -0.3 is 0 Å². The molecule has 6 aliphatic rings. The lowest BCUT2D eigenvalue weighted by atomic mass is 9.52. The van der Waals surface area contributed by atoms with Gasteiger partial charge in [0.1, 0.15) is 0 Å². The first kappa shape index (κ1) is 29.5. The monoisotopic (exact) mass is 660 g/mol. The fourth-order valence-electron chi connectivity index (χ4n) is 10.0. The molecule has 0 aliphatic heterocycles. The van der Waals surface area contributed by atoms with Gasteiger partial charge in [0, 0.05) is 23.7 Å². The van der Waals surface area contributed by atoms with Crippen molar-refractivity contribution >= 4 is 0 Å². The Morgan fingerprint density at radius 1 is 0.192 bits per heavy atom. The van der Waals surface area contributed by atoms with Crippen LogP contribution in [0.25, 0.3) is 44.5 Å². The van der Waals surface area contributed by atoms with E-state index in [-0.39, 0.29) is 23.7 Å². The standard InChI is InChI=1S/C52H36/c1-5-17-33(18-6-1)41-29-45-46(30-42(41)34-19-7-2-8-20-34)50-38-26-14-13-25-37(38)49(45)51-39-27-15-16-28-40(39)52(50)48-32-44(36-23-11-4-12-24-36)43(31-47(48)51)35-21-9-3-10-22-35/h1-32,49-52H/t49-,50+,51+,52-. The lowest BCUT2D eigenvalue weighted by molar-refractivity contribution is 0.530. The minimum absolute atomic E-state index is 0.169. The number of benzene rings is 8. The predicted octanol–water partition coefficient (Wildman–Crippen LogP) is 13.2. The highest BCUT2D eigenvalue weighted by Crippen LogP contribution is 2.65. The molecule has 0 fully saturated rings. The fraction of sp³-hybridized carbons (Fsp3) is 0.0769. The maximum Gasteiger partial charge on any atom is 0.0205 e. The van der Waals surface area contributed by atoms with Crippen molar-refractivity contribution in [3.05, 3.63) is 239 Å². The second-order valence-electron chi connectivity index (χ2n) is 14.7. The molecule has 4 bridgehead atoms. The van der Waals surface area contributed by atoms with E-state index in [0.29, 0.717) is 0 Å². The predicted molar refractivity (Wildman–Crippen MR) is 215 cm³/mol. The van der Waals surface area contributed by atoms with E-state index in [9.17, 15) is 0 Å². The van der Waals surface area contributed by atoms with Gasteiger partial charge in [0.25, 0.3) is 0 Å². The number of rotatable bonds is 4. The smallest absolute Gasteiger partial charge is 0.0205 e. The largest absolute Gasteiger partial charge is 0.0622 e. The zero-order valence-corrected chi connectivity index (χ0v) is 28.8. The lowest BCUT2D eigenvalue weighted by Gasteiger charge is -2.50. The van der Waals surface area contributed by atoms with E-state index in [1.54, 1.807) is 0 Å². The van der Waals surface area contributed by atoms with Gasteiger partial charge in [-0.2, -0.15) is 0 Å². The van der Waals surface area contributed by atoms with E-state index in [1.165, 1.54) is 89.0 Å². The summed E-state index contributed by atoms with van der Waals surface area (Å²) in [4.78, 5) is 0. The molecule has 0 aromatic heterocycles. The van der Waals surface area contributed by atoms with Gasteiger partial charge in [-0.15, -0.1) is 0 Å². The summed E-state index contributed by atoms with van der Waals surface area (Å²) in [6.45, 7) is 0. The second-order valence-corrected chi connectivity index (χ2v) is 14.7. The SMILES string of the molecule is c1ccc(-c2cc3c(cc2-c2ccccc2)[C@@H]2c4ccccc4[C@H]3[C@H]3c4ccccc4[C@@H]2c2cc(-c4ccccc4)c(-c4ccccc4)cc23)cc1. The third-order valence-corrected chi connectivity index (χ3v) is 12.1. The van der Waals surface area contributed by atoms with Crippen LogP contribution in [0.15, 0.2) is 194 Å². The van der Waals surface area contributed by atoms with Crippen LogP contribution in [0, 0.1) is 0 Å². The van der Waals surface area contributed by atoms with Crippen LogP contribution in [0.4, 0.5) is 0 Å². The van der Waals surface area contributed by atoms with Crippen molar-refractivity contribution < 1.29 is 0 Å². The Kier molecular flexibility index (Phi) is 6.61. The molecule has 0 heteroatoms. The minimum atomic E-state index is 0.169. The van der Waals surface area contributed by atoms with Crippen molar-refractivity contribution in [3.63, 3.8) is 0 Å². The van der Waals surface area contributed by atoms with Gasteiger partial charge >= 0.3 is 0 Å². The van der Waals surface area contributed by atoms with E-state index >= 15 is 0 Å². The second kappa shape index (κ2) is 11.7. The van der Waals surface area contributed by atoms with Crippen molar-refractivity contribution in [2.24, 2.45) is 0 Å². The van der Waals surface area contributed by atoms with Gasteiger partial charge in [0.05, 0.1) is 0 Å². The molecule has 244 valence electrons. The molecule has 0 spiro atoms. The summed E-state index contributed by atoms with van der Waals surface area (Å²) < 4.78 is 0. The molecule has 0 saturated heterocycles. The van der Waals surface area contributed by atoms with Crippen molar-refractivity contribution in [1.29, 1.82) is 0 Å². The Balaban J connectivity index is 1.26. The van der Waals surface area contributed by atoms with Crippen LogP contribution in [0.3, 0.4) is 0 Å². The van der Waals surface area contributed by atoms with Gasteiger partial charge in [-0.25, -0.2) is 0 Å². The van der Waals surface area contributed by atoms with Crippen molar-refractivity contribution in [1.82, 2.24) is 0 Å². The zero-order chi connectivity index (χ0) is 34.2. The van der Waals surface area contributed by atoms with Crippen LogP contribution in [-0.4, -0.2) is 0 Å². The summed E-state index contributed by atoms with van der Waals surface area (Å²) >= 11 is 0. The summed E-state index contributed by atoms with van der Waals surface area (Å²) in [5.74, 6) is 0.674. The highest BCUT2D eigenvalue weighted by atomic mass is 14.5. The highest BCUT2D eigenvalue weighted by Gasteiger charge is 2.50. The molecule has 0 radical (unpaired) electrons. The van der Waals surface area contributed by atoms with Crippen LogP contribution in [0.1, 0.15) is 68.2 Å². The first-order chi connectivity index (χ1) is 25.8. The Labute approximate surface area is 305 Å². The van der Waals surface area contributed by atoms with Crippen LogP contribution < -0.4 is 0 Å². The molecular weight excluding hydrogens is 625 g/mol. The molecule has 0 N–H and O–H groups in total. The Morgan fingerprint density at radius 3 is 0.596 bits per heavy atom. The summed E-state index contributed by atoms with van der Waals surface area (Å²) in [5, 5.41) is 0. The van der Waals surface area contributed by atoms with Crippen LogP contribution in [0.2, 0.25) is 0 Å². The summed E-state index contributed by atoms with van der Waals surface area (Å²) in [6.07, 6.45) is 0. The topological polar surface area (TPSA) is 0 Å². The number of hydrogen-bond acceptors (Lipinski definition) is 0. The fourth-order valence-corrected chi connectivity index (χ4v) is 10.0. The summed E-state index contributed by atoms with van der Waals surface area (Å²) in [7, 11) is 0. The average molecular weight is 661 g/mol. The Morgan fingerprint density at radius 2 is 0.385 bits per heavy atom. The molecule has 0 amide bonds. The first-order valence-electron chi connectivity index (χ1n) is 18.6. The van der Waals surface area contributed by atoms with Crippen molar-refractivity contribution in [2.45, 2.75) is 23.7 Å². The van der Waals surface area contributed by atoms with Gasteiger partial charge in [-0.05, 0) is 113 Å². The van der Waals surface area contributed by atoms with E-state index in [2.05, 4.69) is 194 Å². The maximum absolute atomic E-state index is 2.58. The molecule has 8 aromatic rings. The number of hydrogen-bond donors (Lipinski definition) is 0. The molecule has 0 heterocycles. The molecule has 4 atom stereocenters. The summed E-state index contributed by atoms with van der Waals surface area (Å²) in [6, 6.07) is 73.2. The minimum Gasteiger partial charge on any atom is -0.0622 e. The first-order valence-corrected chi connectivity index (χ1v) is 18.6. The Hall–Kier alpha value is -6.24. The van der Waals surface area contributed by atoms with Crippen LogP contribution in [0.5, 0.6) is 0 Å². The molecule has 6 aliphatic carbocycles. The lowest BCUT2D eigenvalue weighted by Crippen LogP contribution is -2.36. The molecular formula is C52H36. The quantitative estimate of drug-likeness (QED) is 0.176.